The highest BCUT2D eigenvalue weighted by Gasteiger charge is 2.26. The van der Waals surface area contributed by atoms with Crippen molar-refractivity contribution in [3.63, 3.8) is 0 Å². The molecule has 1 atom stereocenters. The van der Waals surface area contributed by atoms with Gasteiger partial charge in [-0.25, -0.2) is 9.59 Å². The summed E-state index contributed by atoms with van der Waals surface area (Å²) >= 11 is 1.57. The molecule has 0 aliphatic carbocycles. The highest BCUT2D eigenvalue weighted by Crippen LogP contribution is 2.13. The average Bonchev–Trinajstić information content (AvgIpc) is 2.80. The number of aliphatic carboxylic acids is 1. The summed E-state index contributed by atoms with van der Waals surface area (Å²) in [7, 11) is 3.20. The van der Waals surface area contributed by atoms with Crippen molar-refractivity contribution in [1.29, 1.82) is 0 Å². The maximum Gasteiger partial charge on any atom is 0.326 e. The van der Waals surface area contributed by atoms with Crippen LogP contribution < -0.4 is 0 Å². The van der Waals surface area contributed by atoms with Crippen LogP contribution in [0, 0.1) is 0 Å². The van der Waals surface area contributed by atoms with Crippen LogP contribution in [0.15, 0.2) is 17.5 Å². The van der Waals surface area contributed by atoms with Crippen molar-refractivity contribution in [1.82, 2.24) is 9.80 Å². The van der Waals surface area contributed by atoms with E-state index in [4.69, 9.17) is 5.11 Å². The van der Waals surface area contributed by atoms with Gasteiger partial charge in [-0.1, -0.05) is 13.0 Å². The number of carbonyl (C=O) groups excluding carboxylic acids is 1. The van der Waals surface area contributed by atoms with E-state index in [-0.39, 0.29) is 6.03 Å². The Morgan fingerprint density at radius 1 is 1.44 bits per heavy atom. The molecule has 1 rings (SSSR count). The van der Waals surface area contributed by atoms with Crippen molar-refractivity contribution in [2.75, 3.05) is 14.1 Å². The molecule has 0 bridgehead atoms. The first-order valence-electron chi connectivity index (χ1n) is 5.70. The second-order valence-corrected chi connectivity index (χ2v) is 5.12. The minimum Gasteiger partial charge on any atom is -0.480 e. The number of carboxylic acid groups (broad SMARTS) is 1. The normalized spacial score (nSPS) is 11.9. The number of amides is 2. The number of urea groups is 1. The van der Waals surface area contributed by atoms with E-state index in [0.717, 1.165) is 4.88 Å². The van der Waals surface area contributed by atoms with Gasteiger partial charge in [-0.15, -0.1) is 11.3 Å². The Kier molecular flexibility index (Phi) is 5.15. The number of carboxylic acids is 1. The molecule has 0 aliphatic heterocycles. The lowest BCUT2D eigenvalue weighted by Gasteiger charge is -2.28. The van der Waals surface area contributed by atoms with E-state index in [1.54, 1.807) is 25.3 Å². The molecule has 0 saturated heterocycles. The zero-order valence-corrected chi connectivity index (χ0v) is 11.6. The topological polar surface area (TPSA) is 60.9 Å². The SMILES string of the molecule is CCC(C(=O)O)N(C)C(=O)N(C)Cc1cccs1. The highest BCUT2D eigenvalue weighted by atomic mass is 32.1. The Labute approximate surface area is 111 Å². The van der Waals surface area contributed by atoms with Crippen LogP contribution in [0.1, 0.15) is 18.2 Å². The second-order valence-electron chi connectivity index (χ2n) is 4.09. The molecule has 1 aromatic heterocycles. The molecule has 2 amide bonds. The largest absolute Gasteiger partial charge is 0.480 e. The van der Waals surface area contributed by atoms with Gasteiger partial charge >= 0.3 is 12.0 Å². The number of hydrogen-bond acceptors (Lipinski definition) is 3. The van der Waals surface area contributed by atoms with Gasteiger partial charge in [0.1, 0.15) is 6.04 Å². The fourth-order valence-electron chi connectivity index (χ4n) is 1.72. The van der Waals surface area contributed by atoms with Crippen molar-refractivity contribution >= 4 is 23.3 Å². The number of rotatable bonds is 5. The molecule has 1 unspecified atom stereocenters. The molecule has 0 fully saturated rings. The van der Waals surface area contributed by atoms with Crippen LogP contribution in [0.5, 0.6) is 0 Å². The van der Waals surface area contributed by atoms with E-state index in [9.17, 15) is 9.59 Å². The van der Waals surface area contributed by atoms with E-state index in [1.165, 1.54) is 16.8 Å². The van der Waals surface area contributed by atoms with Gasteiger partial charge in [-0.3, -0.25) is 0 Å². The monoisotopic (exact) mass is 270 g/mol. The maximum atomic E-state index is 12.1. The predicted molar refractivity (Wildman–Crippen MR) is 70.7 cm³/mol. The minimum atomic E-state index is -0.974. The zero-order chi connectivity index (χ0) is 13.7. The van der Waals surface area contributed by atoms with Crippen molar-refractivity contribution < 1.29 is 14.7 Å². The van der Waals surface area contributed by atoms with Crippen LogP contribution in [0.2, 0.25) is 0 Å². The summed E-state index contributed by atoms with van der Waals surface area (Å²) in [5.74, 6) is -0.974. The van der Waals surface area contributed by atoms with Gasteiger partial charge in [0.25, 0.3) is 0 Å². The summed E-state index contributed by atoms with van der Waals surface area (Å²) in [4.78, 5) is 26.9. The van der Waals surface area contributed by atoms with E-state index >= 15 is 0 Å². The van der Waals surface area contributed by atoms with Crippen molar-refractivity contribution in [3.05, 3.63) is 22.4 Å². The number of nitrogens with zero attached hydrogens (tertiary/aromatic N) is 2. The molecule has 1 aromatic rings. The standard InChI is InChI=1S/C12H18N2O3S/c1-4-10(11(15)16)14(3)12(17)13(2)8-9-6-5-7-18-9/h5-7,10H,4,8H2,1-3H3,(H,15,16). The van der Waals surface area contributed by atoms with E-state index in [0.29, 0.717) is 13.0 Å². The third kappa shape index (κ3) is 3.46. The first kappa shape index (κ1) is 14.5. The summed E-state index contributed by atoms with van der Waals surface area (Å²) in [5, 5.41) is 11.0. The van der Waals surface area contributed by atoms with Gasteiger partial charge in [-0.05, 0) is 17.9 Å². The molecule has 1 heterocycles. The van der Waals surface area contributed by atoms with Gasteiger partial charge in [0.2, 0.25) is 0 Å². The van der Waals surface area contributed by atoms with E-state index in [1.807, 2.05) is 17.5 Å². The van der Waals surface area contributed by atoms with Crippen LogP contribution in [-0.2, 0) is 11.3 Å². The predicted octanol–water partition coefficient (Wildman–Crippen LogP) is 2.09. The molecule has 6 heteroatoms. The Balaban J connectivity index is 2.65. The molecule has 0 radical (unpaired) electrons. The van der Waals surface area contributed by atoms with Crippen molar-refractivity contribution in [3.8, 4) is 0 Å². The third-order valence-corrected chi connectivity index (χ3v) is 3.60. The lowest BCUT2D eigenvalue weighted by Crippen LogP contribution is -2.47. The number of thiophene rings is 1. The first-order valence-corrected chi connectivity index (χ1v) is 6.58. The summed E-state index contributed by atoms with van der Waals surface area (Å²) in [6.45, 7) is 2.25. The lowest BCUT2D eigenvalue weighted by atomic mass is 10.2. The molecule has 5 nitrogen and oxygen atoms in total. The number of carbonyl (C=O) groups is 2. The Morgan fingerprint density at radius 2 is 2.11 bits per heavy atom. The van der Waals surface area contributed by atoms with Gasteiger partial charge in [0.05, 0.1) is 6.54 Å². The first-order chi connectivity index (χ1) is 8.47. The van der Waals surface area contributed by atoms with Crippen LogP contribution in [0.4, 0.5) is 4.79 Å². The quantitative estimate of drug-likeness (QED) is 0.891. The van der Waals surface area contributed by atoms with Gasteiger partial charge in [0.15, 0.2) is 0 Å². The fourth-order valence-corrected chi connectivity index (χ4v) is 2.48. The summed E-state index contributed by atoms with van der Waals surface area (Å²) < 4.78 is 0. The average molecular weight is 270 g/mol. The highest BCUT2D eigenvalue weighted by molar-refractivity contribution is 7.09. The third-order valence-electron chi connectivity index (χ3n) is 2.74. The van der Waals surface area contributed by atoms with Crippen molar-refractivity contribution in [2.24, 2.45) is 0 Å². The molecular weight excluding hydrogens is 252 g/mol. The summed E-state index contributed by atoms with van der Waals surface area (Å²) in [5.41, 5.74) is 0. The lowest BCUT2D eigenvalue weighted by molar-refractivity contribution is -0.142. The Morgan fingerprint density at radius 3 is 2.56 bits per heavy atom. The van der Waals surface area contributed by atoms with Gasteiger partial charge in [0, 0.05) is 19.0 Å². The number of hydrogen-bond donors (Lipinski definition) is 1. The number of likely N-dealkylation sites (N-methyl/N-ethyl adjacent to an activating group) is 1. The van der Waals surface area contributed by atoms with Crippen molar-refractivity contribution in [2.45, 2.75) is 25.9 Å². The van der Waals surface area contributed by atoms with Crippen LogP contribution in [0.25, 0.3) is 0 Å². The molecule has 0 saturated carbocycles. The molecule has 0 aromatic carbocycles. The molecule has 100 valence electrons. The zero-order valence-electron chi connectivity index (χ0n) is 10.8. The molecule has 18 heavy (non-hydrogen) atoms. The van der Waals surface area contributed by atoms with E-state index in [2.05, 4.69) is 0 Å². The Bertz CT molecular complexity index is 405. The molecular formula is C12H18N2O3S. The summed E-state index contributed by atoms with van der Waals surface area (Å²) in [6, 6.07) is 2.82. The molecule has 1 N–H and O–H groups in total. The van der Waals surface area contributed by atoms with E-state index < -0.39 is 12.0 Å². The van der Waals surface area contributed by atoms with Gasteiger partial charge in [-0.2, -0.15) is 0 Å². The van der Waals surface area contributed by atoms with Crippen LogP contribution in [-0.4, -0.2) is 47.0 Å². The fraction of sp³-hybridized carbons (Fsp3) is 0.500. The van der Waals surface area contributed by atoms with Crippen LogP contribution in [0.3, 0.4) is 0 Å². The summed E-state index contributed by atoms with van der Waals surface area (Å²) in [6.07, 6.45) is 0.393. The molecule has 0 spiro atoms. The Hall–Kier alpha value is -1.56. The van der Waals surface area contributed by atoms with Crippen LogP contribution >= 0.6 is 11.3 Å². The maximum absolute atomic E-state index is 12.1. The smallest absolute Gasteiger partial charge is 0.326 e. The second kappa shape index (κ2) is 6.39. The molecule has 0 aliphatic rings. The minimum absolute atomic E-state index is 0.280. The van der Waals surface area contributed by atoms with Gasteiger partial charge < -0.3 is 14.9 Å².